The van der Waals surface area contributed by atoms with E-state index in [1.54, 1.807) is 20.8 Å². The maximum atomic E-state index is 11.7. The van der Waals surface area contributed by atoms with Gasteiger partial charge in [0.15, 0.2) is 5.65 Å². The number of hydrogen-bond acceptors (Lipinski definition) is 5. The van der Waals surface area contributed by atoms with Gasteiger partial charge in [-0.3, -0.25) is 5.32 Å². The minimum atomic E-state index is -1.14. The molecular weight excluding hydrogens is 264 g/mol. The highest BCUT2D eigenvalue weighted by Gasteiger charge is 2.19. The molecular formula is C12H14N4O4. The molecule has 0 unspecified atom stereocenters. The van der Waals surface area contributed by atoms with Gasteiger partial charge in [-0.15, -0.1) is 0 Å². The highest BCUT2D eigenvalue weighted by molar-refractivity contribution is 5.94. The van der Waals surface area contributed by atoms with E-state index in [0.29, 0.717) is 0 Å². The zero-order chi connectivity index (χ0) is 14.9. The fourth-order valence-electron chi connectivity index (χ4n) is 1.55. The molecule has 1 amide bonds. The summed E-state index contributed by atoms with van der Waals surface area (Å²) < 4.78 is 6.35. The van der Waals surface area contributed by atoms with Crippen LogP contribution in [0.2, 0.25) is 0 Å². The largest absolute Gasteiger partial charge is 0.477 e. The van der Waals surface area contributed by atoms with Gasteiger partial charge in [-0.05, 0) is 26.8 Å². The van der Waals surface area contributed by atoms with Gasteiger partial charge >= 0.3 is 12.1 Å². The number of carbonyl (C=O) groups excluding carboxylic acids is 1. The van der Waals surface area contributed by atoms with Crippen molar-refractivity contribution in [3.05, 3.63) is 24.0 Å². The lowest BCUT2D eigenvalue weighted by Crippen LogP contribution is -2.27. The van der Waals surface area contributed by atoms with Crippen LogP contribution >= 0.6 is 0 Å². The fourth-order valence-corrected chi connectivity index (χ4v) is 1.55. The molecule has 8 heteroatoms. The molecule has 0 saturated heterocycles. The number of aromatic carboxylic acids is 1. The predicted octanol–water partition coefficient (Wildman–Crippen LogP) is 1.77. The molecule has 0 fully saturated rings. The van der Waals surface area contributed by atoms with E-state index in [1.165, 1.54) is 23.0 Å². The zero-order valence-electron chi connectivity index (χ0n) is 11.2. The van der Waals surface area contributed by atoms with Crippen LogP contribution < -0.4 is 5.32 Å². The van der Waals surface area contributed by atoms with E-state index in [1.807, 2.05) is 0 Å². The Labute approximate surface area is 114 Å². The van der Waals surface area contributed by atoms with Crippen molar-refractivity contribution in [3.8, 4) is 0 Å². The number of carboxylic acids is 1. The lowest BCUT2D eigenvalue weighted by Gasteiger charge is -2.19. The van der Waals surface area contributed by atoms with E-state index in [2.05, 4.69) is 15.4 Å². The molecule has 0 atom stereocenters. The maximum Gasteiger partial charge on any atom is 0.413 e. The fraction of sp³-hybridized carbons (Fsp3) is 0.333. The second-order valence-electron chi connectivity index (χ2n) is 5.06. The van der Waals surface area contributed by atoms with Crippen LogP contribution in [-0.4, -0.2) is 37.4 Å². The molecule has 0 spiro atoms. The first-order valence-corrected chi connectivity index (χ1v) is 5.84. The summed E-state index contributed by atoms with van der Waals surface area (Å²) >= 11 is 0. The summed E-state index contributed by atoms with van der Waals surface area (Å²) in [5.41, 5.74) is -0.532. The molecule has 2 heterocycles. The van der Waals surface area contributed by atoms with E-state index < -0.39 is 17.7 Å². The molecule has 2 aromatic rings. The van der Waals surface area contributed by atoms with Gasteiger partial charge in [0, 0.05) is 6.20 Å². The topological polar surface area (TPSA) is 106 Å². The molecule has 0 bridgehead atoms. The maximum absolute atomic E-state index is 11.7. The van der Waals surface area contributed by atoms with Gasteiger partial charge in [-0.1, -0.05) is 0 Å². The number of amides is 1. The van der Waals surface area contributed by atoms with Gasteiger partial charge in [0.05, 0.1) is 6.20 Å². The number of ether oxygens (including phenoxy) is 1. The van der Waals surface area contributed by atoms with Gasteiger partial charge in [0.25, 0.3) is 0 Å². The Balaban J connectivity index is 2.32. The van der Waals surface area contributed by atoms with Crippen molar-refractivity contribution in [2.75, 3.05) is 5.32 Å². The Morgan fingerprint density at radius 2 is 2.10 bits per heavy atom. The molecule has 8 nitrogen and oxygen atoms in total. The summed E-state index contributed by atoms with van der Waals surface area (Å²) in [5, 5.41) is 15.4. The summed E-state index contributed by atoms with van der Waals surface area (Å²) in [6.45, 7) is 5.22. The Morgan fingerprint density at radius 1 is 1.40 bits per heavy atom. The van der Waals surface area contributed by atoms with Crippen molar-refractivity contribution in [3.63, 3.8) is 0 Å². The Hall–Kier alpha value is -2.64. The van der Waals surface area contributed by atoms with Crippen molar-refractivity contribution >= 4 is 23.5 Å². The minimum Gasteiger partial charge on any atom is -0.477 e. The Bertz CT molecular complexity index is 672. The standard InChI is InChI=1S/C12H14N4O4/c1-12(2,3)20-11(19)15-8-4-5-13-9-7(10(17)18)6-14-16(8)9/h4-6H,1-3H3,(H,15,19)(H,17,18). The predicted molar refractivity (Wildman–Crippen MR) is 69.8 cm³/mol. The third-order valence-electron chi connectivity index (χ3n) is 2.26. The van der Waals surface area contributed by atoms with E-state index >= 15 is 0 Å². The van der Waals surface area contributed by atoms with Crippen molar-refractivity contribution in [2.24, 2.45) is 0 Å². The van der Waals surface area contributed by atoms with E-state index in [4.69, 9.17) is 9.84 Å². The number of carboxylic acid groups (broad SMARTS) is 1. The van der Waals surface area contributed by atoms with Gasteiger partial charge in [-0.25, -0.2) is 14.6 Å². The second-order valence-corrected chi connectivity index (χ2v) is 5.06. The lowest BCUT2D eigenvalue weighted by atomic mass is 10.2. The number of aromatic nitrogens is 3. The molecule has 2 rings (SSSR count). The van der Waals surface area contributed by atoms with Crippen LogP contribution in [0.5, 0.6) is 0 Å². The van der Waals surface area contributed by atoms with Crippen LogP contribution in [0.4, 0.5) is 10.6 Å². The zero-order valence-corrected chi connectivity index (χ0v) is 11.2. The summed E-state index contributed by atoms with van der Waals surface area (Å²) in [6, 6.07) is 1.50. The second kappa shape index (κ2) is 4.80. The summed E-state index contributed by atoms with van der Waals surface area (Å²) in [7, 11) is 0. The number of rotatable bonds is 2. The summed E-state index contributed by atoms with van der Waals surface area (Å²) in [4.78, 5) is 26.6. The van der Waals surface area contributed by atoms with E-state index in [9.17, 15) is 9.59 Å². The first kappa shape index (κ1) is 13.8. The number of hydrogen-bond donors (Lipinski definition) is 2. The van der Waals surface area contributed by atoms with E-state index in [0.717, 1.165) is 0 Å². The number of fused-ring (bicyclic) bond motifs is 1. The van der Waals surface area contributed by atoms with Crippen LogP contribution in [0.1, 0.15) is 31.1 Å². The molecule has 0 aliphatic heterocycles. The third-order valence-corrected chi connectivity index (χ3v) is 2.26. The molecule has 0 aliphatic rings. The molecule has 2 aromatic heterocycles. The number of carbonyl (C=O) groups is 2. The smallest absolute Gasteiger partial charge is 0.413 e. The quantitative estimate of drug-likeness (QED) is 0.867. The number of nitrogens with zero attached hydrogens (tertiary/aromatic N) is 3. The van der Waals surface area contributed by atoms with Crippen molar-refractivity contribution in [1.29, 1.82) is 0 Å². The van der Waals surface area contributed by atoms with Gasteiger partial charge in [0.1, 0.15) is 17.0 Å². The van der Waals surface area contributed by atoms with Crippen molar-refractivity contribution in [2.45, 2.75) is 26.4 Å². The number of nitrogens with one attached hydrogen (secondary N) is 1. The first-order valence-electron chi connectivity index (χ1n) is 5.84. The molecule has 106 valence electrons. The van der Waals surface area contributed by atoms with Crippen LogP contribution in [-0.2, 0) is 4.74 Å². The van der Waals surface area contributed by atoms with Gasteiger partial charge < -0.3 is 9.84 Å². The van der Waals surface area contributed by atoms with Gasteiger partial charge in [-0.2, -0.15) is 9.61 Å². The molecule has 20 heavy (non-hydrogen) atoms. The monoisotopic (exact) mass is 278 g/mol. The Morgan fingerprint density at radius 3 is 2.70 bits per heavy atom. The summed E-state index contributed by atoms with van der Waals surface area (Å²) in [5.74, 6) is -0.862. The SMILES string of the molecule is CC(C)(C)OC(=O)Nc1ccnc2c(C(=O)O)cnn12. The summed E-state index contributed by atoms with van der Waals surface area (Å²) in [6.07, 6.45) is 1.90. The lowest BCUT2D eigenvalue weighted by molar-refractivity contribution is 0.0633. The van der Waals surface area contributed by atoms with Crippen LogP contribution in [0.15, 0.2) is 18.5 Å². The van der Waals surface area contributed by atoms with Crippen molar-refractivity contribution < 1.29 is 19.4 Å². The van der Waals surface area contributed by atoms with Crippen LogP contribution in [0.25, 0.3) is 5.65 Å². The molecule has 0 aromatic carbocycles. The molecule has 0 saturated carbocycles. The molecule has 2 N–H and O–H groups in total. The van der Waals surface area contributed by atoms with Crippen LogP contribution in [0.3, 0.4) is 0 Å². The average molecular weight is 278 g/mol. The minimum absolute atomic E-state index is 0.0437. The van der Waals surface area contributed by atoms with Crippen molar-refractivity contribution in [1.82, 2.24) is 14.6 Å². The highest BCUT2D eigenvalue weighted by Crippen LogP contribution is 2.15. The van der Waals surface area contributed by atoms with Gasteiger partial charge in [0.2, 0.25) is 0 Å². The highest BCUT2D eigenvalue weighted by atomic mass is 16.6. The molecule has 0 aliphatic carbocycles. The average Bonchev–Trinajstić information content (AvgIpc) is 2.71. The first-order chi connectivity index (χ1) is 9.28. The number of anilines is 1. The van der Waals surface area contributed by atoms with Crippen LogP contribution in [0, 0.1) is 0 Å². The third kappa shape index (κ3) is 2.85. The Kier molecular flexibility index (Phi) is 3.31. The normalized spacial score (nSPS) is 11.3. The molecule has 0 radical (unpaired) electrons. The van der Waals surface area contributed by atoms with E-state index in [-0.39, 0.29) is 17.0 Å².